The normalized spacial score (nSPS) is 11.6. The van der Waals surface area contributed by atoms with Crippen LogP contribution in [-0.4, -0.2) is 17.7 Å². The van der Waals surface area contributed by atoms with E-state index in [4.69, 9.17) is 4.42 Å². The number of hydrogen-bond donors (Lipinski definition) is 3. The second kappa shape index (κ2) is 10.9. The first-order chi connectivity index (χ1) is 15.4. The van der Waals surface area contributed by atoms with E-state index in [1.165, 1.54) is 6.26 Å². The molecular weight excluding hydrogens is 406 g/mol. The molecule has 3 aromatic rings. The molecule has 32 heavy (non-hydrogen) atoms. The Morgan fingerprint density at radius 2 is 1.62 bits per heavy atom. The van der Waals surface area contributed by atoms with E-state index in [1.54, 1.807) is 24.3 Å². The van der Waals surface area contributed by atoms with Crippen molar-refractivity contribution in [3.63, 3.8) is 0 Å². The summed E-state index contributed by atoms with van der Waals surface area (Å²) in [6.07, 6.45) is 1.79. The number of carbonyl (C=O) groups excluding carboxylic acids is 3. The maximum absolute atomic E-state index is 12.9. The first-order valence-electron chi connectivity index (χ1n) is 10.5. The average molecular weight is 434 g/mol. The van der Waals surface area contributed by atoms with Crippen LogP contribution in [0.5, 0.6) is 0 Å². The van der Waals surface area contributed by atoms with E-state index in [9.17, 15) is 14.4 Å². The van der Waals surface area contributed by atoms with E-state index in [2.05, 4.69) is 16.0 Å². The van der Waals surface area contributed by atoms with Crippen LogP contribution in [0.15, 0.2) is 77.4 Å². The van der Waals surface area contributed by atoms with Crippen LogP contribution in [0, 0.1) is 5.92 Å². The Morgan fingerprint density at radius 1 is 0.906 bits per heavy atom. The summed E-state index contributed by atoms with van der Waals surface area (Å²) >= 11 is 0. The van der Waals surface area contributed by atoms with Gasteiger partial charge in [0.25, 0.3) is 5.91 Å². The summed E-state index contributed by atoms with van der Waals surface area (Å²) in [6, 6.07) is 18.8. The number of carbonyl (C=O) groups is 3. The lowest BCUT2D eigenvalue weighted by Crippen LogP contribution is -2.40. The SMILES string of the molecule is CC(C)CC(=O)NC(C(=O)NCc1ccc(NC(=O)c2ccco2)cc1)c1ccccc1. The Bertz CT molecular complexity index is 1030. The monoisotopic (exact) mass is 433 g/mol. The smallest absolute Gasteiger partial charge is 0.291 e. The van der Waals surface area contributed by atoms with Gasteiger partial charge in [0.2, 0.25) is 11.8 Å². The molecule has 0 radical (unpaired) electrons. The van der Waals surface area contributed by atoms with Crippen LogP contribution in [0.4, 0.5) is 5.69 Å². The Hall–Kier alpha value is -3.87. The van der Waals surface area contributed by atoms with Crippen molar-refractivity contribution in [3.8, 4) is 0 Å². The minimum absolute atomic E-state index is 0.166. The number of anilines is 1. The third kappa shape index (κ3) is 6.57. The van der Waals surface area contributed by atoms with Gasteiger partial charge in [-0.25, -0.2) is 0 Å². The van der Waals surface area contributed by atoms with Crippen molar-refractivity contribution < 1.29 is 18.8 Å². The quantitative estimate of drug-likeness (QED) is 0.474. The van der Waals surface area contributed by atoms with Crippen LogP contribution in [-0.2, 0) is 16.1 Å². The molecule has 1 unspecified atom stereocenters. The molecule has 3 amide bonds. The molecule has 2 aromatic carbocycles. The second-order valence-corrected chi connectivity index (χ2v) is 7.86. The molecule has 1 aromatic heterocycles. The molecule has 0 saturated heterocycles. The van der Waals surface area contributed by atoms with E-state index in [0.29, 0.717) is 12.1 Å². The molecule has 3 N–H and O–H groups in total. The summed E-state index contributed by atoms with van der Waals surface area (Å²) in [5.41, 5.74) is 2.19. The van der Waals surface area contributed by atoms with Gasteiger partial charge < -0.3 is 20.4 Å². The third-order valence-electron chi connectivity index (χ3n) is 4.72. The largest absolute Gasteiger partial charge is 0.459 e. The molecule has 1 atom stereocenters. The van der Waals surface area contributed by atoms with Gasteiger partial charge in [0.05, 0.1) is 6.26 Å². The number of amides is 3. The van der Waals surface area contributed by atoms with Crippen LogP contribution >= 0.6 is 0 Å². The van der Waals surface area contributed by atoms with E-state index >= 15 is 0 Å². The summed E-state index contributed by atoms with van der Waals surface area (Å²) in [5.74, 6) is -0.364. The van der Waals surface area contributed by atoms with Crippen molar-refractivity contribution in [2.45, 2.75) is 32.9 Å². The van der Waals surface area contributed by atoms with Crippen molar-refractivity contribution in [2.24, 2.45) is 5.92 Å². The molecule has 1 heterocycles. The number of hydrogen-bond acceptors (Lipinski definition) is 4. The average Bonchev–Trinajstić information content (AvgIpc) is 3.32. The summed E-state index contributed by atoms with van der Waals surface area (Å²) in [4.78, 5) is 37.2. The first-order valence-corrected chi connectivity index (χ1v) is 10.5. The highest BCUT2D eigenvalue weighted by Gasteiger charge is 2.22. The number of benzene rings is 2. The lowest BCUT2D eigenvalue weighted by Gasteiger charge is -2.19. The fourth-order valence-electron chi connectivity index (χ4n) is 3.13. The van der Waals surface area contributed by atoms with Crippen molar-refractivity contribution >= 4 is 23.4 Å². The predicted octanol–water partition coefficient (Wildman–Crippen LogP) is 4.05. The van der Waals surface area contributed by atoms with Gasteiger partial charge in [0, 0.05) is 18.7 Å². The Morgan fingerprint density at radius 3 is 2.25 bits per heavy atom. The van der Waals surface area contributed by atoms with Gasteiger partial charge in [-0.05, 0) is 41.3 Å². The molecule has 0 aliphatic rings. The minimum atomic E-state index is -0.769. The van der Waals surface area contributed by atoms with E-state index in [1.807, 2.05) is 56.3 Å². The summed E-state index contributed by atoms with van der Waals surface area (Å²) in [5, 5.41) is 8.47. The van der Waals surface area contributed by atoms with Crippen molar-refractivity contribution in [1.29, 1.82) is 0 Å². The van der Waals surface area contributed by atoms with Crippen LogP contribution in [0.25, 0.3) is 0 Å². The van der Waals surface area contributed by atoms with Crippen molar-refractivity contribution in [2.75, 3.05) is 5.32 Å². The van der Waals surface area contributed by atoms with Crippen LogP contribution in [0.2, 0.25) is 0 Å². The van der Waals surface area contributed by atoms with Crippen LogP contribution < -0.4 is 16.0 Å². The molecule has 3 rings (SSSR count). The van der Waals surface area contributed by atoms with E-state index < -0.39 is 6.04 Å². The Balaban J connectivity index is 1.60. The number of rotatable bonds is 9. The fourth-order valence-corrected chi connectivity index (χ4v) is 3.13. The van der Waals surface area contributed by atoms with Gasteiger partial charge in [-0.3, -0.25) is 14.4 Å². The fraction of sp³-hybridized carbons (Fsp3) is 0.240. The van der Waals surface area contributed by atoms with E-state index in [0.717, 1.165) is 11.1 Å². The number of furan rings is 1. The zero-order valence-electron chi connectivity index (χ0n) is 18.1. The molecule has 0 aliphatic carbocycles. The van der Waals surface area contributed by atoms with Crippen molar-refractivity contribution in [3.05, 3.63) is 89.9 Å². The summed E-state index contributed by atoms with van der Waals surface area (Å²) in [6.45, 7) is 4.20. The molecule has 7 nitrogen and oxygen atoms in total. The van der Waals surface area contributed by atoms with Crippen LogP contribution in [0.1, 0.15) is 48.0 Å². The highest BCUT2D eigenvalue weighted by atomic mass is 16.3. The Kier molecular flexibility index (Phi) is 7.80. The lowest BCUT2D eigenvalue weighted by atomic mass is 10.0. The zero-order chi connectivity index (χ0) is 22.9. The van der Waals surface area contributed by atoms with Gasteiger partial charge in [0.1, 0.15) is 6.04 Å². The molecule has 7 heteroatoms. The zero-order valence-corrected chi connectivity index (χ0v) is 18.1. The van der Waals surface area contributed by atoms with Crippen molar-refractivity contribution in [1.82, 2.24) is 10.6 Å². The maximum atomic E-state index is 12.9. The summed E-state index contributed by atoms with van der Waals surface area (Å²) < 4.78 is 5.07. The molecule has 0 saturated carbocycles. The third-order valence-corrected chi connectivity index (χ3v) is 4.72. The van der Waals surface area contributed by atoms with Gasteiger partial charge in [-0.2, -0.15) is 0 Å². The lowest BCUT2D eigenvalue weighted by molar-refractivity contribution is -0.129. The first kappa shape index (κ1) is 22.8. The maximum Gasteiger partial charge on any atom is 0.291 e. The Labute approximate surface area is 187 Å². The molecule has 0 fully saturated rings. The minimum Gasteiger partial charge on any atom is -0.459 e. The number of nitrogens with one attached hydrogen (secondary N) is 3. The van der Waals surface area contributed by atoms with E-state index in [-0.39, 0.29) is 35.9 Å². The van der Waals surface area contributed by atoms with Gasteiger partial charge in [0.15, 0.2) is 5.76 Å². The standard InChI is InChI=1S/C25H27N3O4/c1-17(2)15-22(29)28-23(19-7-4-3-5-8-19)25(31)26-16-18-10-12-20(13-11-18)27-24(30)21-9-6-14-32-21/h3-14,17,23H,15-16H2,1-2H3,(H,26,31)(H,27,30)(H,28,29). The molecule has 0 bridgehead atoms. The summed E-state index contributed by atoms with van der Waals surface area (Å²) in [7, 11) is 0. The molecular formula is C25H27N3O4. The van der Waals surface area contributed by atoms with Gasteiger partial charge in [-0.1, -0.05) is 56.3 Å². The van der Waals surface area contributed by atoms with Crippen LogP contribution in [0.3, 0.4) is 0 Å². The topological polar surface area (TPSA) is 100 Å². The second-order valence-electron chi connectivity index (χ2n) is 7.86. The molecule has 0 aliphatic heterocycles. The predicted molar refractivity (Wildman–Crippen MR) is 122 cm³/mol. The van der Waals surface area contributed by atoms with Gasteiger partial charge >= 0.3 is 0 Å². The molecule has 166 valence electrons. The highest BCUT2D eigenvalue weighted by Crippen LogP contribution is 2.15. The highest BCUT2D eigenvalue weighted by molar-refractivity contribution is 6.02. The molecule has 0 spiro atoms. The van der Waals surface area contributed by atoms with Gasteiger partial charge in [-0.15, -0.1) is 0 Å².